The number of carbonyl (C=O) groups is 3. The standard InChI is InChI=1S/C41H68N2O5/c1-26(2)27-13-18-41(23-32(44)43-22-10-21-42)20-19-39(8)28(35(27)41)11-12-30-38(7)16-15-31(37(5,6)29(38)14-17-40(30,39)9)48-34(47)25-36(3,4)24-33(45)46/h27-31,35H,1,10-25,42H2,2-9H3,(H,43,44)(H,45,46)/t27-,28+,29-,30+,31-,35+,38-,39+,40+,41+/m0/s1. The number of nitrogens with two attached hydrogens (primary N) is 1. The summed E-state index contributed by atoms with van der Waals surface area (Å²) < 4.78 is 6.26. The van der Waals surface area contributed by atoms with Crippen molar-refractivity contribution in [3.63, 3.8) is 0 Å². The van der Waals surface area contributed by atoms with E-state index in [2.05, 4.69) is 53.4 Å². The van der Waals surface area contributed by atoms with Gasteiger partial charge in [0.15, 0.2) is 0 Å². The van der Waals surface area contributed by atoms with Crippen molar-refractivity contribution < 1.29 is 24.2 Å². The topological polar surface area (TPSA) is 119 Å². The summed E-state index contributed by atoms with van der Waals surface area (Å²) in [6.45, 7) is 24.2. The first-order valence-corrected chi connectivity index (χ1v) is 19.3. The van der Waals surface area contributed by atoms with E-state index in [-0.39, 0.29) is 57.9 Å². The summed E-state index contributed by atoms with van der Waals surface area (Å²) in [7, 11) is 0. The predicted octanol–water partition coefficient (Wildman–Crippen LogP) is 8.30. The number of hydrogen-bond acceptors (Lipinski definition) is 5. The molecule has 7 nitrogen and oxygen atoms in total. The molecule has 0 aromatic carbocycles. The largest absolute Gasteiger partial charge is 0.481 e. The molecular weight excluding hydrogens is 600 g/mol. The second-order valence-corrected chi connectivity index (χ2v) is 19.5. The van der Waals surface area contributed by atoms with Crippen molar-refractivity contribution in [2.45, 2.75) is 151 Å². The highest BCUT2D eigenvalue weighted by Gasteiger charge is 2.71. The Bertz CT molecular complexity index is 1280. The number of amides is 1. The second-order valence-electron chi connectivity index (χ2n) is 19.5. The molecule has 4 N–H and O–H groups in total. The van der Waals surface area contributed by atoms with Gasteiger partial charge < -0.3 is 20.9 Å². The normalized spacial score (nSPS) is 41.6. The van der Waals surface area contributed by atoms with Gasteiger partial charge in [0.05, 0.1) is 12.8 Å². The number of rotatable bonds is 11. The van der Waals surface area contributed by atoms with Crippen LogP contribution in [0.1, 0.15) is 145 Å². The fourth-order valence-corrected chi connectivity index (χ4v) is 13.6. The Morgan fingerprint density at radius 2 is 1.60 bits per heavy atom. The molecule has 272 valence electrons. The van der Waals surface area contributed by atoms with Gasteiger partial charge in [0.2, 0.25) is 5.91 Å². The molecule has 0 aliphatic heterocycles. The van der Waals surface area contributed by atoms with Crippen molar-refractivity contribution >= 4 is 17.8 Å². The minimum absolute atomic E-state index is 0.0477. The lowest BCUT2D eigenvalue weighted by Crippen LogP contribution is -2.67. The maximum Gasteiger partial charge on any atom is 0.306 e. The van der Waals surface area contributed by atoms with Crippen LogP contribution >= 0.6 is 0 Å². The van der Waals surface area contributed by atoms with E-state index in [1.165, 1.54) is 31.3 Å². The number of ether oxygens (including phenoxy) is 1. The molecule has 5 fully saturated rings. The third kappa shape index (κ3) is 6.19. The lowest BCUT2D eigenvalue weighted by atomic mass is 9.32. The van der Waals surface area contributed by atoms with Crippen molar-refractivity contribution in [2.24, 2.45) is 67.8 Å². The molecule has 0 heterocycles. The van der Waals surface area contributed by atoms with Crippen LogP contribution in [0.2, 0.25) is 0 Å². The van der Waals surface area contributed by atoms with Crippen molar-refractivity contribution in [2.75, 3.05) is 13.1 Å². The molecule has 0 bridgehead atoms. The number of carboxylic acids is 1. The van der Waals surface area contributed by atoms with Crippen molar-refractivity contribution in [1.82, 2.24) is 5.32 Å². The van der Waals surface area contributed by atoms with E-state index in [9.17, 15) is 19.5 Å². The summed E-state index contributed by atoms with van der Waals surface area (Å²) in [5, 5.41) is 12.5. The number of carboxylic acid groups (broad SMARTS) is 1. The second kappa shape index (κ2) is 13.0. The van der Waals surface area contributed by atoms with E-state index in [1.54, 1.807) is 0 Å². The van der Waals surface area contributed by atoms with Gasteiger partial charge in [-0.05, 0) is 141 Å². The van der Waals surface area contributed by atoms with Crippen LogP contribution < -0.4 is 11.1 Å². The highest BCUT2D eigenvalue weighted by atomic mass is 16.5. The Balaban J connectivity index is 1.38. The number of carbonyl (C=O) groups excluding carboxylic acids is 2. The van der Waals surface area contributed by atoms with Crippen LogP contribution in [0.3, 0.4) is 0 Å². The zero-order chi connectivity index (χ0) is 35.5. The van der Waals surface area contributed by atoms with Gasteiger partial charge >= 0.3 is 11.9 Å². The van der Waals surface area contributed by atoms with Gasteiger partial charge in [-0.1, -0.05) is 60.6 Å². The van der Waals surface area contributed by atoms with E-state index >= 15 is 0 Å². The number of allylic oxidation sites excluding steroid dienone is 1. The molecule has 0 aromatic heterocycles. The number of fused-ring (bicyclic) bond motifs is 7. The lowest BCUT2D eigenvalue weighted by molar-refractivity contribution is -0.250. The summed E-state index contributed by atoms with van der Waals surface area (Å²) in [5.41, 5.74) is 6.87. The molecule has 5 saturated carbocycles. The molecule has 0 saturated heterocycles. The molecular formula is C41H68N2O5. The van der Waals surface area contributed by atoms with Gasteiger partial charge in [0, 0.05) is 18.4 Å². The van der Waals surface area contributed by atoms with Crippen LogP contribution in [0.5, 0.6) is 0 Å². The maximum atomic E-state index is 13.4. The van der Waals surface area contributed by atoms with Crippen molar-refractivity contribution in [3.8, 4) is 0 Å². The Morgan fingerprint density at radius 3 is 2.25 bits per heavy atom. The molecule has 0 unspecified atom stereocenters. The van der Waals surface area contributed by atoms with Crippen molar-refractivity contribution in [1.29, 1.82) is 0 Å². The minimum Gasteiger partial charge on any atom is -0.481 e. The molecule has 48 heavy (non-hydrogen) atoms. The fourth-order valence-electron chi connectivity index (χ4n) is 13.6. The molecule has 0 aromatic rings. The van der Waals surface area contributed by atoms with Crippen molar-refractivity contribution in [3.05, 3.63) is 12.2 Å². The SMILES string of the molecule is C=C(C)[C@@H]1CC[C@]2(CC(=O)NCCCN)CC[C@]3(C)[C@H](CC[C@@H]4[C@@]5(C)CC[C@H](OC(=O)CC(C)(C)CC(=O)O)C(C)(C)[C@@H]5CC[C@]43C)[C@@H]12. The van der Waals surface area contributed by atoms with Crippen LogP contribution in [0.4, 0.5) is 0 Å². The van der Waals surface area contributed by atoms with Gasteiger partial charge in [-0.3, -0.25) is 14.4 Å². The quantitative estimate of drug-likeness (QED) is 0.116. The van der Waals surface area contributed by atoms with Gasteiger partial charge in [-0.25, -0.2) is 0 Å². The molecule has 10 atom stereocenters. The molecule has 5 rings (SSSR count). The lowest BCUT2D eigenvalue weighted by Gasteiger charge is -2.73. The number of aliphatic carboxylic acids is 1. The Labute approximate surface area is 291 Å². The highest BCUT2D eigenvalue weighted by Crippen LogP contribution is 2.78. The average Bonchev–Trinajstić information content (AvgIpc) is 3.33. The van der Waals surface area contributed by atoms with Gasteiger partial charge in [0.25, 0.3) is 0 Å². The van der Waals surface area contributed by atoms with Gasteiger partial charge in [-0.2, -0.15) is 0 Å². The van der Waals surface area contributed by atoms with Gasteiger partial charge in [0.1, 0.15) is 6.10 Å². The number of hydrogen-bond donors (Lipinski definition) is 3. The molecule has 0 radical (unpaired) electrons. The maximum absolute atomic E-state index is 13.4. The minimum atomic E-state index is -0.884. The van der Waals surface area contributed by atoms with E-state index in [0.29, 0.717) is 49.1 Å². The molecule has 1 amide bonds. The Morgan fingerprint density at radius 1 is 0.896 bits per heavy atom. The Kier molecular flexibility index (Phi) is 10.1. The van der Waals surface area contributed by atoms with E-state index < -0.39 is 11.4 Å². The van der Waals surface area contributed by atoms with Crippen LogP contribution in [0.15, 0.2) is 12.2 Å². The first-order valence-electron chi connectivity index (χ1n) is 19.3. The molecule has 7 heteroatoms. The third-order valence-corrected chi connectivity index (χ3v) is 15.9. The number of nitrogens with one attached hydrogen (secondary N) is 1. The summed E-state index contributed by atoms with van der Waals surface area (Å²) in [6, 6.07) is 0. The first kappa shape index (κ1) is 37.4. The average molecular weight is 669 g/mol. The third-order valence-electron chi connectivity index (χ3n) is 15.9. The summed E-state index contributed by atoms with van der Waals surface area (Å²) in [4.78, 5) is 37.9. The zero-order valence-corrected chi connectivity index (χ0v) is 31.6. The molecule has 5 aliphatic rings. The predicted molar refractivity (Wildman–Crippen MR) is 191 cm³/mol. The molecule has 0 spiro atoms. The monoisotopic (exact) mass is 669 g/mol. The smallest absolute Gasteiger partial charge is 0.306 e. The Hall–Kier alpha value is -1.89. The first-order chi connectivity index (χ1) is 22.3. The van der Waals surface area contributed by atoms with E-state index in [4.69, 9.17) is 10.5 Å². The van der Waals surface area contributed by atoms with Crippen LogP contribution in [0, 0.1) is 62.1 Å². The summed E-state index contributed by atoms with van der Waals surface area (Å²) >= 11 is 0. The number of esters is 1. The molecule has 5 aliphatic carbocycles. The summed E-state index contributed by atoms with van der Waals surface area (Å²) in [6.07, 6.45) is 12.7. The van der Waals surface area contributed by atoms with E-state index in [0.717, 1.165) is 44.9 Å². The highest BCUT2D eigenvalue weighted by molar-refractivity contribution is 5.77. The van der Waals surface area contributed by atoms with Gasteiger partial charge in [-0.15, -0.1) is 0 Å². The van der Waals surface area contributed by atoms with Crippen LogP contribution in [-0.4, -0.2) is 42.1 Å². The summed E-state index contributed by atoms with van der Waals surface area (Å²) in [5.74, 6) is 1.70. The van der Waals surface area contributed by atoms with E-state index in [1.807, 2.05) is 13.8 Å². The fraction of sp³-hybridized carbons (Fsp3) is 0.878. The zero-order valence-electron chi connectivity index (χ0n) is 31.6. The van der Waals surface area contributed by atoms with Crippen LogP contribution in [-0.2, 0) is 19.1 Å². The van der Waals surface area contributed by atoms with Crippen LogP contribution in [0.25, 0.3) is 0 Å².